The maximum Gasteiger partial charge on any atom is 0.186 e. The topological polar surface area (TPSA) is 42.1 Å². The number of anilines is 1. The lowest BCUT2D eigenvalue weighted by Crippen LogP contribution is -2.33. The normalized spacial score (nSPS) is 12.5. The Morgan fingerprint density at radius 2 is 2.47 bits per heavy atom. The van der Waals surface area contributed by atoms with Gasteiger partial charge < -0.3 is 10.6 Å². The fourth-order valence-electron chi connectivity index (χ4n) is 1.15. The molecule has 0 aliphatic rings. The van der Waals surface area contributed by atoms with Crippen molar-refractivity contribution in [3.8, 4) is 0 Å². The summed E-state index contributed by atoms with van der Waals surface area (Å²) in [5.74, 6) is 0.211. The molecule has 0 saturated heterocycles. The summed E-state index contributed by atoms with van der Waals surface area (Å²) in [6.45, 7) is 5.87. The molecule has 0 spiro atoms. The van der Waals surface area contributed by atoms with Gasteiger partial charge in [-0.2, -0.15) is 0 Å². The Morgan fingerprint density at radius 1 is 1.80 bits per heavy atom. The van der Waals surface area contributed by atoms with Crippen LogP contribution in [0.15, 0.2) is 9.98 Å². The van der Waals surface area contributed by atoms with Gasteiger partial charge in [0.25, 0.3) is 0 Å². The van der Waals surface area contributed by atoms with Crippen LogP contribution in [0.2, 0.25) is 0 Å². The zero-order chi connectivity index (χ0) is 11.4. The van der Waals surface area contributed by atoms with E-state index in [-0.39, 0.29) is 5.92 Å². The predicted octanol–water partition coefficient (Wildman–Crippen LogP) is 2.65. The number of hydrogen-bond acceptors (Lipinski definition) is 4. The molecule has 0 aliphatic heterocycles. The van der Waals surface area contributed by atoms with E-state index in [2.05, 4.69) is 32.7 Å². The van der Waals surface area contributed by atoms with E-state index in [4.69, 9.17) is 18.0 Å². The highest BCUT2D eigenvalue weighted by Gasteiger charge is 2.14. The van der Waals surface area contributed by atoms with Gasteiger partial charge >= 0.3 is 0 Å². The van der Waals surface area contributed by atoms with Crippen molar-refractivity contribution in [2.24, 2.45) is 11.7 Å². The molecular formula is C9H14BrN3S2. The third-order valence-electron chi connectivity index (χ3n) is 2.10. The Hall–Kier alpha value is -0.200. The molecule has 15 heavy (non-hydrogen) atoms. The van der Waals surface area contributed by atoms with Crippen molar-refractivity contribution in [3.05, 3.63) is 9.98 Å². The smallest absolute Gasteiger partial charge is 0.186 e. The number of nitrogens with zero attached hydrogens (tertiary/aromatic N) is 2. The Bertz CT molecular complexity index is 340. The van der Waals surface area contributed by atoms with Gasteiger partial charge in [0.05, 0.1) is 4.99 Å². The maximum absolute atomic E-state index is 5.60. The lowest BCUT2D eigenvalue weighted by molar-refractivity contribution is 0.705. The van der Waals surface area contributed by atoms with Crippen LogP contribution >= 0.6 is 39.5 Å². The average Bonchev–Trinajstić information content (AvgIpc) is 2.60. The molecule has 0 aliphatic carbocycles. The second kappa shape index (κ2) is 5.77. The molecule has 2 N–H and O–H groups in total. The van der Waals surface area contributed by atoms with E-state index in [1.165, 1.54) is 0 Å². The van der Waals surface area contributed by atoms with E-state index in [0.29, 0.717) is 4.99 Å². The molecule has 1 heterocycles. The highest BCUT2D eigenvalue weighted by Crippen LogP contribution is 2.24. The highest BCUT2D eigenvalue weighted by atomic mass is 79.9. The van der Waals surface area contributed by atoms with Crippen LogP contribution in [0.1, 0.15) is 13.8 Å². The second-order valence-corrected chi connectivity index (χ2v) is 5.42. The molecule has 1 rings (SSSR count). The number of aromatic nitrogens is 1. The quantitative estimate of drug-likeness (QED) is 0.849. The lowest BCUT2D eigenvalue weighted by atomic mass is 10.2. The largest absolute Gasteiger partial charge is 0.393 e. The van der Waals surface area contributed by atoms with E-state index in [0.717, 1.165) is 22.8 Å². The van der Waals surface area contributed by atoms with Crippen molar-refractivity contribution < 1.29 is 0 Å². The van der Waals surface area contributed by atoms with Gasteiger partial charge in [-0.25, -0.2) is 4.98 Å². The summed E-state index contributed by atoms with van der Waals surface area (Å²) in [7, 11) is 0. The molecule has 1 unspecified atom stereocenters. The molecule has 1 aromatic heterocycles. The zero-order valence-corrected chi connectivity index (χ0v) is 12.0. The summed E-state index contributed by atoms with van der Waals surface area (Å²) in [6, 6.07) is 0. The van der Waals surface area contributed by atoms with Crippen molar-refractivity contribution in [1.29, 1.82) is 0 Å². The first-order valence-electron chi connectivity index (χ1n) is 4.69. The van der Waals surface area contributed by atoms with Crippen LogP contribution in [0.5, 0.6) is 0 Å². The Morgan fingerprint density at radius 3 is 2.87 bits per heavy atom. The Balaban J connectivity index is 2.68. The number of rotatable bonds is 5. The average molecular weight is 308 g/mol. The lowest BCUT2D eigenvalue weighted by Gasteiger charge is -2.23. The number of hydrogen-bond donors (Lipinski definition) is 1. The van der Waals surface area contributed by atoms with Gasteiger partial charge in [0.2, 0.25) is 0 Å². The molecule has 3 nitrogen and oxygen atoms in total. The van der Waals surface area contributed by atoms with Gasteiger partial charge in [-0.3, -0.25) is 0 Å². The summed E-state index contributed by atoms with van der Waals surface area (Å²) in [4.78, 5) is 7.11. The van der Waals surface area contributed by atoms with Gasteiger partial charge in [-0.15, -0.1) is 11.3 Å². The first-order valence-corrected chi connectivity index (χ1v) is 6.78. The van der Waals surface area contributed by atoms with Crippen LogP contribution in [-0.2, 0) is 0 Å². The molecule has 0 radical (unpaired) electrons. The molecule has 0 aromatic carbocycles. The van der Waals surface area contributed by atoms with E-state index >= 15 is 0 Å². The Labute approximate surface area is 108 Å². The zero-order valence-electron chi connectivity index (χ0n) is 8.74. The number of nitrogens with two attached hydrogens (primary N) is 1. The third kappa shape index (κ3) is 3.70. The number of thiazole rings is 1. The molecule has 0 amide bonds. The van der Waals surface area contributed by atoms with Crippen molar-refractivity contribution in [2.75, 3.05) is 18.0 Å². The van der Waals surface area contributed by atoms with Crippen molar-refractivity contribution in [3.63, 3.8) is 0 Å². The first kappa shape index (κ1) is 12.9. The number of thiocarbonyl (C=S) groups is 1. The third-order valence-corrected chi connectivity index (χ3v) is 4.11. The molecule has 6 heteroatoms. The minimum Gasteiger partial charge on any atom is -0.393 e. The first-order chi connectivity index (χ1) is 7.04. The van der Waals surface area contributed by atoms with Crippen molar-refractivity contribution in [2.45, 2.75) is 13.8 Å². The summed E-state index contributed by atoms with van der Waals surface area (Å²) in [6.07, 6.45) is 0. The molecule has 84 valence electrons. The van der Waals surface area contributed by atoms with E-state index < -0.39 is 0 Å². The van der Waals surface area contributed by atoms with Gasteiger partial charge in [0, 0.05) is 24.4 Å². The van der Waals surface area contributed by atoms with Crippen LogP contribution < -0.4 is 10.6 Å². The summed E-state index contributed by atoms with van der Waals surface area (Å²) in [5, 5.41) is 2.98. The van der Waals surface area contributed by atoms with Crippen LogP contribution in [0.4, 0.5) is 5.13 Å². The summed E-state index contributed by atoms with van der Waals surface area (Å²) >= 11 is 9.93. The van der Waals surface area contributed by atoms with Gasteiger partial charge in [0.15, 0.2) is 5.13 Å². The van der Waals surface area contributed by atoms with Gasteiger partial charge in [-0.1, -0.05) is 19.1 Å². The molecular weight excluding hydrogens is 294 g/mol. The molecule has 0 bridgehead atoms. The van der Waals surface area contributed by atoms with Crippen LogP contribution in [0, 0.1) is 5.92 Å². The maximum atomic E-state index is 5.60. The van der Waals surface area contributed by atoms with Crippen molar-refractivity contribution >= 4 is 49.6 Å². The summed E-state index contributed by atoms with van der Waals surface area (Å²) < 4.78 is 0.879. The van der Waals surface area contributed by atoms with Crippen LogP contribution in [0.25, 0.3) is 0 Å². The fraction of sp³-hybridized carbons (Fsp3) is 0.556. The van der Waals surface area contributed by atoms with Crippen LogP contribution in [0.3, 0.4) is 0 Å². The molecule has 1 atom stereocenters. The van der Waals surface area contributed by atoms with Gasteiger partial charge in [-0.05, 0) is 22.9 Å². The van der Waals surface area contributed by atoms with E-state index in [9.17, 15) is 0 Å². The van der Waals surface area contributed by atoms with Crippen LogP contribution in [-0.4, -0.2) is 23.1 Å². The predicted molar refractivity (Wildman–Crippen MR) is 73.7 cm³/mol. The second-order valence-electron chi connectivity index (χ2n) is 3.29. The summed E-state index contributed by atoms with van der Waals surface area (Å²) in [5.41, 5.74) is 5.60. The molecule has 1 aromatic rings. The van der Waals surface area contributed by atoms with E-state index in [1.54, 1.807) is 11.3 Å². The molecule has 0 fully saturated rings. The number of halogens is 1. The highest BCUT2D eigenvalue weighted by molar-refractivity contribution is 9.10. The van der Waals surface area contributed by atoms with Gasteiger partial charge in [0.1, 0.15) is 4.60 Å². The standard InChI is InChI=1S/C9H14BrN3S2/c1-3-13(4-6(2)8(11)14)9-12-7(10)5-15-9/h5-6H,3-4H2,1-2H3,(H2,11,14). The molecule has 0 saturated carbocycles. The van der Waals surface area contributed by atoms with Crippen molar-refractivity contribution in [1.82, 2.24) is 4.98 Å². The SMILES string of the molecule is CCN(CC(C)C(N)=S)c1nc(Br)cs1. The fourth-order valence-corrected chi connectivity index (χ4v) is 2.55. The Kier molecular flexibility index (Phi) is 4.95. The minimum atomic E-state index is 0.211. The minimum absolute atomic E-state index is 0.211. The van der Waals surface area contributed by atoms with E-state index in [1.807, 2.05) is 12.3 Å². The monoisotopic (exact) mass is 307 g/mol.